The molecule has 0 bridgehead atoms. The Morgan fingerprint density at radius 1 is 1.06 bits per heavy atom. The van der Waals surface area contributed by atoms with E-state index in [0.717, 1.165) is 5.56 Å². The number of hydrogen-bond acceptors (Lipinski definition) is 8. The summed E-state index contributed by atoms with van der Waals surface area (Å²) in [7, 11) is 3.06. The molecule has 3 heterocycles. The Hall–Kier alpha value is -4.58. The van der Waals surface area contributed by atoms with Crippen LogP contribution in [0.4, 0.5) is 0 Å². The molecule has 2 aliphatic heterocycles. The molecule has 5 rings (SSSR count). The van der Waals surface area contributed by atoms with Crippen LogP contribution in [0.1, 0.15) is 28.3 Å². The fourth-order valence-electron chi connectivity index (χ4n) is 4.47. The molecule has 2 N–H and O–H groups in total. The highest BCUT2D eigenvalue weighted by Crippen LogP contribution is 2.43. The fraction of sp³-hybridized carbons (Fsp3) is 0.231. The van der Waals surface area contributed by atoms with E-state index < -0.39 is 5.92 Å². The number of aromatic nitrogens is 1. The van der Waals surface area contributed by atoms with Crippen LogP contribution in [0.5, 0.6) is 28.7 Å². The third-order valence-electron chi connectivity index (χ3n) is 6.21. The molecular weight excluding hydrogens is 450 g/mol. The zero-order valence-corrected chi connectivity index (χ0v) is 19.5. The lowest BCUT2D eigenvalue weighted by Crippen LogP contribution is -2.33. The molecule has 0 fully saturated rings. The van der Waals surface area contributed by atoms with Crippen molar-refractivity contribution in [1.82, 2.24) is 4.57 Å². The second-order valence-corrected chi connectivity index (χ2v) is 8.18. The first-order chi connectivity index (χ1) is 16.9. The minimum absolute atomic E-state index is 0.0351. The van der Waals surface area contributed by atoms with Crippen LogP contribution in [-0.4, -0.2) is 25.6 Å². The highest BCUT2D eigenvalue weighted by molar-refractivity contribution is 5.57. The van der Waals surface area contributed by atoms with E-state index in [1.807, 2.05) is 25.1 Å². The second kappa shape index (κ2) is 8.65. The molecule has 0 radical (unpaired) electrons. The molecule has 3 aromatic rings. The van der Waals surface area contributed by atoms with Crippen molar-refractivity contribution < 1.29 is 23.7 Å². The summed E-state index contributed by atoms with van der Waals surface area (Å²) in [5, 5.41) is 9.93. The summed E-state index contributed by atoms with van der Waals surface area (Å²) in [4.78, 5) is 13.9. The van der Waals surface area contributed by atoms with Gasteiger partial charge in [-0.05, 0) is 42.3 Å². The van der Waals surface area contributed by atoms with Gasteiger partial charge in [-0.25, -0.2) is 0 Å². The lowest BCUT2D eigenvalue weighted by atomic mass is 9.84. The van der Waals surface area contributed by atoms with Crippen LogP contribution < -0.4 is 35.0 Å². The number of rotatable bonds is 5. The van der Waals surface area contributed by atoms with E-state index in [0.29, 0.717) is 52.1 Å². The van der Waals surface area contributed by atoms with Gasteiger partial charge in [0.1, 0.15) is 17.4 Å². The average molecular weight is 473 g/mol. The number of allylic oxidation sites excluding steroid dienone is 1. The third kappa shape index (κ3) is 3.69. The summed E-state index contributed by atoms with van der Waals surface area (Å²) in [6, 6.07) is 14.7. The Kier molecular flexibility index (Phi) is 5.49. The van der Waals surface area contributed by atoms with Gasteiger partial charge in [-0.1, -0.05) is 12.1 Å². The minimum Gasteiger partial charge on any atom is -0.493 e. The molecule has 0 spiro atoms. The van der Waals surface area contributed by atoms with Gasteiger partial charge in [-0.15, -0.1) is 0 Å². The molecule has 0 aliphatic carbocycles. The molecule has 2 aromatic carbocycles. The predicted molar refractivity (Wildman–Crippen MR) is 126 cm³/mol. The van der Waals surface area contributed by atoms with Crippen LogP contribution in [-0.2, 0) is 6.54 Å². The minimum atomic E-state index is -0.736. The number of nitrogens with zero attached hydrogens (tertiary/aromatic N) is 2. The zero-order valence-electron chi connectivity index (χ0n) is 19.5. The molecule has 9 heteroatoms. The van der Waals surface area contributed by atoms with Crippen molar-refractivity contribution in [2.24, 2.45) is 5.73 Å². The highest BCUT2D eigenvalue weighted by atomic mass is 16.7. The van der Waals surface area contributed by atoms with Gasteiger partial charge in [-0.3, -0.25) is 4.79 Å². The number of methoxy groups -OCH3 is 2. The summed E-state index contributed by atoms with van der Waals surface area (Å²) < 4.78 is 29.0. The van der Waals surface area contributed by atoms with E-state index in [1.54, 1.807) is 28.8 Å². The second-order valence-electron chi connectivity index (χ2n) is 8.18. The number of pyridine rings is 1. The number of ether oxygens (including phenoxy) is 5. The summed E-state index contributed by atoms with van der Waals surface area (Å²) in [5.41, 5.74) is 8.53. The third-order valence-corrected chi connectivity index (χ3v) is 6.21. The van der Waals surface area contributed by atoms with Crippen molar-refractivity contribution in [3.8, 4) is 34.8 Å². The molecule has 0 unspecified atom stereocenters. The number of benzene rings is 2. The van der Waals surface area contributed by atoms with Crippen molar-refractivity contribution >= 4 is 0 Å². The number of nitriles is 1. The first-order valence-corrected chi connectivity index (χ1v) is 10.9. The molecule has 1 aromatic heterocycles. The van der Waals surface area contributed by atoms with E-state index in [2.05, 4.69) is 6.07 Å². The van der Waals surface area contributed by atoms with Crippen LogP contribution >= 0.6 is 0 Å². The van der Waals surface area contributed by atoms with Crippen molar-refractivity contribution in [3.05, 3.63) is 86.7 Å². The van der Waals surface area contributed by atoms with Gasteiger partial charge in [0, 0.05) is 11.8 Å². The maximum Gasteiger partial charge on any atom is 0.259 e. The van der Waals surface area contributed by atoms with E-state index in [-0.39, 0.29) is 23.8 Å². The normalized spacial score (nSPS) is 15.8. The fourth-order valence-corrected chi connectivity index (χ4v) is 4.47. The maximum atomic E-state index is 13.9. The number of nitrogens with two attached hydrogens (primary N) is 1. The lowest BCUT2D eigenvalue weighted by molar-refractivity contribution is 0.174. The Morgan fingerprint density at radius 3 is 2.57 bits per heavy atom. The van der Waals surface area contributed by atoms with Gasteiger partial charge >= 0.3 is 0 Å². The average Bonchev–Trinajstić information content (AvgIpc) is 3.33. The predicted octanol–water partition coefficient (Wildman–Crippen LogP) is 3.17. The van der Waals surface area contributed by atoms with Crippen LogP contribution in [0, 0.1) is 18.3 Å². The van der Waals surface area contributed by atoms with Gasteiger partial charge in [-0.2, -0.15) is 5.26 Å². The Morgan fingerprint density at radius 2 is 1.83 bits per heavy atom. The van der Waals surface area contributed by atoms with Crippen molar-refractivity contribution in [2.45, 2.75) is 19.4 Å². The summed E-state index contributed by atoms with van der Waals surface area (Å²) in [5.74, 6) is 1.87. The Bertz CT molecular complexity index is 1470. The zero-order chi connectivity index (χ0) is 24.7. The molecular formula is C26H23N3O6. The molecule has 0 saturated carbocycles. The number of aryl methyl sites for hydroxylation is 1. The Labute approximate surface area is 201 Å². The standard InChI is InChI=1S/C26H23N3O6/c1-14-8-22-24(26(30)29(14)12-15-4-6-19-21(9-15)34-13-33-19)23(17(11-27)25(28)35-22)16-5-7-18(31-2)20(10-16)32-3/h4-10,23H,12-13,28H2,1-3H3/t23-/m1/s1. The largest absolute Gasteiger partial charge is 0.493 e. The van der Waals surface area contributed by atoms with Gasteiger partial charge in [0.2, 0.25) is 12.7 Å². The topological polar surface area (TPSA) is 118 Å². The molecule has 0 saturated heterocycles. The Balaban J connectivity index is 1.66. The summed E-state index contributed by atoms with van der Waals surface area (Å²) in [6.45, 7) is 2.29. The van der Waals surface area contributed by atoms with E-state index in [1.165, 1.54) is 14.2 Å². The summed E-state index contributed by atoms with van der Waals surface area (Å²) in [6.07, 6.45) is 0. The molecule has 178 valence electrons. The first-order valence-electron chi connectivity index (χ1n) is 10.9. The molecule has 2 aliphatic rings. The van der Waals surface area contributed by atoms with Crippen molar-refractivity contribution in [2.75, 3.05) is 21.0 Å². The molecule has 1 atom stereocenters. The molecule has 0 amide bonds. The monoisotopic (exact) mass is 473 g/mol. The van der Waals surface area contributed by atoms with Gasteiger partial charge in [0.15, 0.2) is 23.0 Å². The van der Waals surface area contributed by atoms with E-state index in [4.69, 9.17) is 29.4 Å². The van der Waals surface area contributed by atoms with E-state index in [9.17, 15) is 10.1 Å². The smallest absolute Gasteiger partial charge is 0.259 e. The quantitative estimate of drug-likeness (QED) is 0.600. The lowest BCUT2D eigenvalue weighted by Gasteiger charge is -2.27. The molecule has 9 nitrogen and oxygen atoms in total. The van der Waals surface area contributed by atoms with Gasteiger partial charge in [0.05, 0.1) is 32.2 Å². The maximum absolute atomic E-state index is 13.9. The van der Waals surface area contributed by atoms with Crippen LogP contribution in [0.3, 0.4) is 0 Å². The number of fused-ring (bicyclic) bond motifs is 2. The van der Waals surface area contributed by atoms with Gasteiger partial charge in [0.25, 0.3) is 5.56 Å². The van der Waals surface area contributed by atoms with Crippen molar-refractivity contribution in [3.63, 3.8) is 0 Å². The SMILES string of the molecule is COc1ccc([C@@H]2C(C#N)=C(N)Oc3cc(C)n(Cc4ccc5c(c4)OCO5)c(=O)c32)cc1OC. The van der Waals surface area contributed by atoms with Crippen LogP contribution in [0.15, 0.2) is 58.7 Å². The summed E-state index contributed by atoms with van der Waals surface area (Å²) >= 11 is 0. The van der Waals surface area contributed by atoms with Crippen LogP contribution in [0.25, 0.3) is 0 Å². The highest BCUT2D eigenvalue weighted by Gasteiger charge is 2.35. The van der Waals surface area contributed by atoms with Crippen molar-refractivity contribution in [1.29, 1.82) is 5.26 Å². The van der Waals surface area contributed by atoms with Crippen LogP contribution in [0.2, 0.25) is 0 Å². The number of hydrogen-bond donors (Lipinski definition) is 1. The first kappa shape index (κ1) is 22.2. The van der Waals surface area contributed by atoms with Gasteiger partial charge < -0.3 is 34.0 Å². The molecule has 35 heavy (non-hydrogen) atoms. The van der Waals surface area contributed by atoms with E-state index >= 15 is 0 Å².